The lowest BCUT2D eigenvalue weighted by Gasteiger charge is -2.35. The molecule has 0 spiro atoms. The normalized spacial score (nSPS) is 37.0. The van der Waals surface area contributed by atoms with Crippen LogP contribution in [0.3, 0.4) is 0 Å². The van der Waals surface area contributed by atoms with Crippen LogP contribution in [0.4, 0.5) is 0 Å². The monoisotopic (exact) mass is 268 g/mol. The lowest BCUT2D eigenvalue weighted by molar-refractivity contribution is -0.147. The maximum atomic E-state index is 11.8. The van der Waals surface area contributed by atoms with Gasteiger partial charge < -0.3 is 10.5 Å². The van der Waals surface area contributed by atoms with E-state index in [1.807, 2.05) is 0 Å². The topological polar surface area (TPSA) is 55.6 Å². The second-order valence-corrected chi connectivity index (χ2v) is 6.19. The number of nitrogens with two attached hydrogens (primary N) is 1. The van der Waals surface area contributed by atoms with Gasteiger partial charge in [0.1, 0.15) is 5.54 Å². The number of carbonyl (C=O) groups is 1. The standard InChI is InChI=1S/C15H28N2O2/c1-3-12-7-5-4-6-10-17(12)13-8-9-15(16,11-13)14(18)19-2/h12-13H,3-11,16H2,1-2H3. The molecule has 0 amide bonds. The number of esters is 1. The van der Waals surface area contributed by atoms with E-state index in [0.717, 1.165) is 19.3 Å². The zero-order valence-electron chi connectivity index (χ0n) is 12.4. The van der Waals surface area contributed by atoms with Crippen molar-refractivity contribution >= 4 is 5.97 Å². The molecule has 3 atom stereocenters. The van der Waals surface area contributed by atoms with E-state index in [-0.39, 0.29) is 5.97 Å². The van der Waals surface area contributed by atoms with Gasteiger partial charge in [-0.3, -0.25) is 9.69 Å². The highest BCUT2D eigenvalue weighted by Crippen LogP contribution is 2.35. The fraction of sp³-hybridized carbons (Fsp3) is 0.933. The molecule has 1 saturated heterocycles. The van der Waals surface area contributed by atoms with Crippen LogP contribution in [-0.4, -0.2) is 42.1 Å². The van der Waals surface area contributed by atoms with Gasteiger partial charge in [-0.15, -0.1) is 0 Å². The van der Waals surface area contributed by atoms with E-state index in [1.165, 1.54) is 45.8 Å². The third-order valence-corrected chi connectivity index (χ3v) is 4.98. The summed E-state index contributed by atoms with van der Waals surface area (Å²) in [7, 11) is 1.44. The van der Waals surface area contributed by atoms with Crippen molar-refractivity contribution in [3.05, 3.63) is 0 Å². The van der Waals surface area contributed by atoms with Crippen LogP contribution < -0.4 is 5.73 Å². The first kappa shape index (κ1) is 14.8. The number of methoxy groups -OCH3 is 1. The van der Waals surface area contributed by atoms with Gasteiger partial charge in [0.05, 0.1) is 7.11 Å². The number of rotatable bonds is 3. The first-order valence-corrected chi connectivity index (χ1v) is 7.74. The van der Waals surface area contributed by atoms with Crippen LogP contribution in [0.1, 0.15) is 58.3 Å². The smallest absolute Gasteiger partial charge is 0.325 e. The van der Waals surface area contributed by atoms with Gasteiger partial charge in [-0.2, -0.15) is 0 Å². The summed E-state index contributed by atoms with van der Waals surface area (Å²) in [5.41, 5.74) is 5.49. The van der Waals surface area contributed by atoms with Crippen LogP contribution in [-0.2, 0) is 9.53 Å². The molecular weight excluding hydrogens is 240 g/mol. The lowest BCUT2D eigenvalue weighted by Crippen LogP contribution is -2.49. The van der Waals surface area contributed by atoms with Crippen molar-refractivity contribution in [3.8, 4) is 0 Å². The molecule has 2 aliphatic rings. The minimum atomic E-state index is -0.746. The Hall–Kier alpha value is -0.610. The summed E-state index contributed by atoms with van der Waals surface area (Å²) in [5.74, 6) is -0.238. The van der Waals surface area contributed by atoms with Gasteiger partial charge in [0.15, 0.2) is 0 Å². The number of nitrogens with zero attached hydrogens (tertiary/aromatic N) is 1. The Morgan fingerprint density at radius 1 is 1.37 bits per heavy atom. The molecule has 0 aromatic rings. The molecule has 110 valence electrons. The Morgan fingerprint density at radius 2 is 2.16 bits per heavy atom. The molecule has 19 heavy (non-hydrogen) atoms. The minimum absolute atomic E-state index is 0.238. The van der Waals surface area contributed by atoms with Crippen molar-refractivity contribution in [1.29, 1.82) is 0 Å². The predicted molar refractivity (Wildman–Crippen MR) is 75.8 cm³/mol. The van der Waals surface area contributed by atoms with Crippen LogP contribution in [0.5, 0.6) is 0 Å². The molecule has 2 N–H and O–H groups in total. The summed E-state index contributed by atoms with van der Waals surface area (Å²) in [4.78, 5) is 14.4. The number of hydrogen-bond acceptors (Lipinski definition) is 4. The van der Waals surface area contributed by atoms with E-state index >= 15 is 0 Å². The van der Waals surface area contributed by atoms with Crippen molar-refractivity contribution in [2.75, 3.05) is 13.7 Å². The molecule has 1 heterocycles. The Kier molecular flexibility index (Phi) is 4.85. The molecule has 2 rings (SSSR count). The average Bonchev–Trinajstić information content (AvgIpc) is 2.68. The van der Waals surface area contributed by atoms with Crippen LogP contribution in [0, 0.1) is 0 Å². The minimum Gasteiger partial charge on any atom is -0.468 e. The summed E-state index contributed by atoms with van der Waals surface area (Å²) in [6, 6.07) is 1.14. The van der Waals surface area contributed by atoms with Gasteiger partial charge in [-0.05, 0) is 45.1 Å². The summed E-state index contributed by atoms with van der Waals surface area (Å²) in [6.45, 7) is 3.44. The van der Waals surface area contributed by atoms with Gasteiger partial charge in [-0.1, -0.05) is 19.8 Å². The quantitative estimate of drug-likeness (QED) is 0.796. The first-order valence-electron chi connectivity index (χ1n) is 7.74. The summed E-state index contributed by atoms with van der Waals surface area (Å²) >= 11 is 0. The van der Waals surface area contributed by atoms with Crippen molar-refractivity contribution in [2.45, 2.75) is 75.9 Å². The van der Waals surface area contributed by atoms with Crippen molar-refractivity contribution < 1.29 is 9.53 Å². The molecule has 0 aromatic carbocycles. The summed E-state index contributed by atoms with van der Waals surface area (Å²) < 4.78 is 4.87. The maximum absolute atomic E-state index is 11.8. The molecule has 1 aliphatic heterocycles. The van der Waals surface area contributed by atoms with Crippen LogP contribution in [0.2, 0.25) is 0 Å². The SMILES string of the molecule is CCC1CCCCCN1C1CCC(N)(C(=O)OC)C1. The number of hydrogen-bond donors (Lipinski definition) is 1. The number of likely N-dealkylation sites (tertiary alicyclic amines) is 1. The van der Waals surface area contributed by atoms with Crippen molar-refractivity contribution in [3.63, 3.8) is 0 Å². The summed E-state index contributed by atoms with van der Waals surface area (Å²) in [6.07, 6.45) is 9.00. The molecule has 1 aliphatic carbocycles. The van der Waals surface area contributed by atoms with Gasteiger partial charge in [0.25, 0.3) is 0 Å². The highest BCUT2D eigenvalue weighted by molar-refractivity contribution is 5.81. The van der Waals surface area contributed by atoms with Gasteiger partial charge in [0, 0.05) is 12.1 Å². The van der Waals surface area contributed by atoms with Crippen molar-refractivity contribution in [2.24, 2.45) is 5.73 Å². The number of ether oxygens (including phenoxy) is 1. The molecule has 1 saturated carbocycles. The fourth-order valence-electron chi connectivity index (χ4n) is 3.84. The molecule has 0 bridgehead atoms. The zero-order chi connectivity index (χ0) is 13.9. The molecule has 0 radical (unpaired) electrons. The summed E-state index contributed by atoms with van der Waals surface area (Å²) in [5, 5.41) is 0. The second kappa shape index (κ2) is 6.23. The molecule has 4 heteroatoms. The largest absolute Gasteiger partial charge is 0.468 e. The van der Waals surface area contributed by atoms with Gasteiger partial charge in [0.2, 0.25) is 0 Å². The lowest BCUT2D eigenvalue weighted by atomic mass is 9.98. The molecule has 3 unspecified atom stereocenters. The van der Waals surface area contributed by atoms with E-state index in [1.54, 1.807) is 0 Å². The van der Waals surface area contributed by atoms with Crippen LogP contribution in [0.15, 0.2) is 0 Å². The third-order valence-electron chi connectivity index (χ3n) is 4.98. The van der Waals surface area contributed by atoms with Crippen LogP contribution in [0.25, 0.3) is 0 Å². The molecule has 0 aromatic heterocycles. The fourth-order valence-corrected chi connectivity index (χ4v) is 3.84. The van der Waals surface area contributed by atoms with Gasteiger partial charge >= 0.3 is 5.97 Å². The van der Waals surface area contributed by atoms with E-state index in [9.17, 15) is 4.79 Å². The van der Waals surface area contributed by atoms with Gasteiger partial charge in [-0.25, -0.2) is 0 Å². The molecular formula is C15H28N2O2. The average molecular weight is 268 g/mol. The van der Waals surface area contributed by atoms with E-state index < -0.39 is 5.54 Å². The highest BCUT2D eigenvalue weighted by atomic mass is 16.5. The zero-order valence-corrected chi connectivity index (χ0v) is 12.4. The Morgan fingerprint density at radius 3 is 2.84 bits per heavy atom. The predicted octanol–water partition coefficient (Wildman–Crippen LogP) is 2.06. The van der Waals surface area contributed by atoms with E-state index in [4.69, 9.17) is 10.5 Å². The molecule has 2 fully saturated rings. The highest BCUT2D eigenvalue weighted by Gasteiger charge is 2.45. The van der Waals surface area contributed by atoms with Crippen molar-refractivity contribution in [1.82, 2.24) is 4.90 Å². The van der Waals surface area contributed by atoms with E-state index in [2.05, 4.69) is 11.8 Å². The second-order valence-electron chi connectivity index (χ2n) is 6.19. The number of carbonyl (C=O) groups excluding carboxylic acids is 1. The van der Waals surface area contributed by atoms with E-state index in [0.29, 0.717) is 12.1 Å². The molecule has 4 nitrogen and oxygen atoms in total. The first-order chi connectivity index (χ1) is 9.10. The maximum Gasteiger partial charge on any atom is 0.325 e. The van der Waals surface area contributed by atoms with Crippen LogP contribution >= 0.6 is 0 Å². The Labute approximate surface area is 116 Å². The third kappa shape index (κ3) is 3.11. The Balaban J connectivity index is 2.03. The Bertz CT molecular complexity index is 321.